The topological polar surface area (TPSA) is 54.4 Å². The minimum absolute atomic E-state index is 0.0891. The third kappa shape index (κ3) is 19.7. The first-order chi connectivity index (χ1) is 10.6. The molecule has 0 aromatic rings. The molecule has 0 amide bonds. The van der Waals surface area contributed by atoms with Gasteiger partial charge in [-0.3, -0.25) is 4.55 Å². The Morgan fingerprint density at radius 2 is 1.09 bits per heavy atom. The summed E-state index contributed by atoms with van der Waals surface area (Å²) in [4.78, 5) is 0. The molecule has 0 fully saturated rings. The molecule has 0 rings (SSSR count). The molecule has 22 heavy (non-hydrogen) atoms. The van der Waals surface area contributed by atoms with Gasteiger partial charge in [0.15, 0.2) is 0 Å². The van der Waals surface area contributed by atoms with Crippen molar-refractivity contribution in [3.8, 4) is 0 Å². The molecule has 1 N–H and O–H groups in total. The maximum atomic E-state index is 10.5. The Morgan fingerprint density at radius 1 is 0.682 bits per heavy atom. The second kappa shape index (κ2) is 15.5. The lowest BCUT2D eigenvalue weighted by molar-refractivity contribution is 0.478. The van der Waals surface area contributed by atoms with E-state index in [9.17, 15) is 8.42 Å². The van der Waals surface area contributed by atoms with E-state index in [0.29, 0.717) is 6.42 Å². The van der Waals surface area contributed by atoms with Crippen LogP contribution >= 0.6 is 0 Å². The van der Waals surface area contributed by atoms with Gasteiger partial charge in [-0.15, -0.1) is 0 Å². The number of rotatable bonds is 16. The molecule has 3 nitrogen and oxygen atoms in total. The van der Waals surface area contributed by atoms with Crippen LogP contribution in [0.25, 0.3) is 0 Å². The molecule has 0 aromatic heterocycles. The lowest BCUT2D eigenvalue weighted by Crippen LogP contribution is -2.03. The van der Waals surface area contributed by atoms with Crippen LogP contribution in [0.3, 0.4) is 0 Å². The molecule has 0 unspecified atom stereocenters. The smallest absolute Gasteiger partial charge is 0.264 e. The van der Waals surface area contributed by atoms with Gasteiger partial charge in [-0.25, -0.2) is 0 Å². The molecule has 4 heteroatoms. The molecule has 0 radical (unpaired) electrons. The van der Waals surface area contributed by atoms with E-state index in [4.69, 9.17) is 4.55 Å². The summed E-state index contributed by atoms with van der Waals surface area (Å²) < 4.78 is 29.7. The first kappa shape index (κ1) is 21.6. The molecule has 0 aliphatic heterocycles. The van der Waals surface area contributed by atoms with Gasteiger partial charge in [0, 0.05) is 0 Å². The molecule has 0 saturated heterocycles. The first-order valence-electron chi connectivity index (χ1n) is 9.16. The quantitative estimate of drug-likeness (QED) is 0.217. The van der Waals surface area contributed by atoms with Crippen molar-refractivity contribution in [3.05, 3.63) is 12.2 Å². The van der Waals surface area contributed by atoms with Gasteiger partial charge in [-0.2, -0.15) is 8.42 Å². The van der Waals surface area contributed by atoms with E-state index in [1.54, 1.807) is 0 Å². The minimum Gasteiger partial charge on any atom is -0.286 e. The summed E-state index contributed by atoms with van der Waals surface area (Å²) in [6.45, 7) is 2.25. The molecule has 0 spiro atoms. The summed E-state index contributed by atoms with van der Waals surface area (Å²) in [5, 5.41) is 0. The fourth-order valence-electron chi connectivity index (χ4n) is 2.53. The average Bonchev–Trinajstić information content (AvgIpc) is 2.45. The number of unbranched alkanes of at least 4 members (excludes halogenated alkanes) is 12. The van der Waals surface area contributed by atoms with Gasteiger partial charge in [0.25, 0.3) is 10.1 Å². The van der Waals surface area contributed by atoms with Crippen LogP contribution in [-0.2, 0) is 10.1 Å². The monoisotopic (exact) mass is 332 g/mol. The average molecular weight is 333 g/mol. The fraction of sp³-hybridized carbons (Fsp3) is 0.889. The molecular weight excluding hydrogens is 296 g/mol. The molecule has 0 bridgehead atoms. The second-order valence-corrected chi connectivity index (χ2v) is 7.80. The fourth-order valence-corrected chi connectivity index (χ4v) is 3.10. The molecule has 0 aliphatic carbocycles. The predicted octanol–water partition coefficient (Wildman–Crippen LogP) is 5.91. The number of hydrogen-bond donors (Lipinski definition) is 1. The Hall–Kier alpha value is -0.350. The van der Waals surface area contributed by atoms with E-state index in [-0.39, 0.29) is 5.75 Å². The largest absolute Gasteiger partial charge is 0.286 e. The Kier molecular flexibility index (Phi) is 15.3. The van der Waals surface area contributed by atoms with Crippen molar-refractivity contribution < 1.29 is 13.0 Å². The van der Waals surface area contributed by atoms with Crippen LogP contribution in [0.5, 0.6) is 0 Å². The van der Waals surface area contributed by atoms with Gasteiger partial charge in [-0.1, -0.05) is 76.9 Å². The zero-order valence-corrected chi connectivity index (χ0v) is 15.2. The Bertz CT molecular complexity index is 347. The minimum atomic E-state index is -3.75. The second-order valence-electron chi connectivity index (χ2n) is 6.22. The highest BCUT2D eigenvalue weighted by molar-refractivity contribution is 7.85. The normalized spacial score (nSPS) is 12.3. The third-order valence-corrected chi connectivity index (χ3v) is 4.72. The highest BCUT2D eigenvalue weighted by Crippen LogP contribution is 2.10. The summed E-state index contributed by atoms with van der Waals surface area (Å²) >= 11 is 0. The van der Waals surface area contributed by atoms with Crippen LogP contribution in [0.1, 0.15) is 96.8 Å². The van der Waals surface area contributed by atoms with Gasteiger partial charge < -0.3 is 0 Å². The lowest BCUT2D eigenvalue weighted by atomic mass is 10.1. The summed E-state index contributed by atoms with van der Waals surface area (Å²) in [7, 11) is -3.75. The molecule has 0 atom stereocenters. The maximum absolute atomic E-state index is 10.5. The first-order valence-corrected chi connectivity index (χ1v) is 10.8. The van der Waals surface area contributed by atoms with E-state index in [1.807, 2.05) is 0 Å². The Balaban J connectivity index is 3.14. The summed E-state index contributed by atoms with van der Waals surface area (Å²) in [5.41, 5.74) is 0. The van der Waals surface area contributed by atoms with E-state index in [1.165, 1.54) is 64.2 Å². The highest BCUT2D eigenvalue weighted by atomic mass is 32.2. The van der Waals surface area contributed by atoms with Gasteiger partial charge in [0.2, 0.25) is 0 Å². The van der Waals surface area contributed by atoms with Crippen molar-refractivity contribution in [2.75, 3.05) is 5.75 Å². The molecule has 0 aliphatic rings. The standard InChI is InChI=1S/C18H36O3S/c1-2-3-4-5-6-7-8-9-10-11-12-13-14-15-16-17-18-22(19,20)21/h9-10H,2-8,11-18H2,1H3,(H,19,20,21). The molecule has 132 valence electrons. The number of hydrogen-bond acceptors (Lipinski definition) is 2. The Labute approximate surface area is 138 Å². The van der Waals surface area contributed by atoms with Crippen LogP contribution < -0.4 is 0 Å². The Morgan fingerprint density at radius 3 is 1.55 bits per heavy atom. The van der Waals surface area contributed by atoms with Gasteiger partial charge in [-0.05, 0) is 32.1 Å². The van der Waals surface area contributed by atoms with Crippen LogP contribution in [0.2, 0.25) is 0 Å². The van der Waals surface area contributed by atoms with Gasteiger partial charge in [0.05, 0.1) is 5.75 Å². The van der Waals surface area contributed by atoms with E-state index in [2.05, 4.69) is 19.1 Å². The highest BCUT2D eigenvalue weighted by Gasteiger charge is 2.02. The molecule has 0 saturated carbocycles. The van der Waals surface area contributed by atoms with Crippen molar-refractivity contribution in [3.63, 3.8) is 0 Å². The van der Waals surface area contributed by atoms with Crippen molar-refractivity contribution in [2.24, 2.45) is 0 Å². The van der Waals surface area contributed by atoms with Crippen molar-refractivity contribution in [1.82, 2.24) is 0 Å². The molecule has 0 heterocycles. The molecular formula is C18H36O3S. The van der Waals surface area contributed by atoms with E-state index in [0.717, 1.165) is 19.3 Å². The summed E-state index contributed by atoms with van der Waals surface area (Å²) in [6.07, 6.45) is 21.4. The SMILES string of the molecule is CCCCCCCCC=CCCCCCCCCS(=O)(=O)O. The maximum Gasteiger partial charge on any atom is 0.264 e. The van der Waals surface area contributed by atoms with Crippen LogP contribution in [0.15, 0.2) is 12.2 Å². The summed E-state index contributed by atoms with van der Waals surface area (Å²) in [6, 6.07) is 0. The third-order valence-electron chi connectivity index (χ3n) is 3.91. The summed E-state index contributed by atoms with van der Waals surface area (Å²) in [5.74, 6) is -0.0891. The van der Waals surface area contributed by atoms with E-state index >= 15 is 0 Å². The number of allylic oxidation sites excluding steroid dienone is 2. The molecule has 0 aromatic carbocycles. The van der Waals surface area contributed by atoms with Crippen molar-refractivity contribution >= 4 is 10.1 Å². The van der Waals surface area contributed by atoms with Crippen LogP contribution in [-0.4, -0.2) is 18.7 Å². The van der Waals surface area contributed by atoms with Gasteiger partial charge >= 0.3 is 0 Å². The van der Waals surface area contributed by atoms with Gasteiger partial charge in [0.1, 0.15) is 0 Å². The van der Waals surface area contributed by atoms with Crippen molar-refractivity contribution in [1.29, 1.82) is 0 Å². The predicted molar refractivity (Wildman–Crippen MR) is 95.9 cm³/mol. The van der Waals surface area contributed by atoms with Crippen LogP contribution in [0.4, 0.5) is 0 Å². The van der Waals surface area contributed by atoms with Crippen molar-refractivity contribution in [2.45, 2.75) is 96.8 Å². The van der Waals surface area contributed by atoms with Crippen LogP contribution in [0, 0.1) is 0 Å². The lowest BCUT2D eigenvalue weighted by Gasteiger charge is -2.00. The zero-order valence-electron chi connectivity index (χ0n) is 14.4. The van der Waals surface area contributed by atoms with E-state index < -0.39 is 10.1 Å². The zero-order chi connectivity index (χ0) is 16.5.